The number of hydrogen-bond donors (Lipinski definition) is 2. The Morgan fingerprint density at radius 2 is 1.76 bits per heavy atom. The first-order valence-corrected chi connectivity index (χ1v) is 11.4. The van der Waals surface area contributed by atoms with E-state index in [4.69, 9.17) is 0 Å². The Morgan fingerprint density at radius 3 is 2.33 bits per heavy atom. The van der Waals surface area contributed by atoms with Gasteiger partial charge in [0.1, 0.15) is 12.3 Å². The number of amides is 2. The van der Waals surface area contributed by atoms with Gasteiger partial charge in [0.2, 0.25) is 11.8 Å². The van der Waals surface area contributed by atoms with Crippen LogP contribution in [0, 0.1) is 6.92 Å². The van der Waals surface area contributed by atoms with E-state index >= 15 is 0 Å². The molecule has 2 amide bonds. The molecule has 3 aromatic rings. The predicted octanol–water partition coefficient (Wildman–Crippen LogP) is 4.63. The molecule has 6 nitrogen and oxygen atoms in total. The molecule has 6 heteroatoms. The molecule has 0 saturated heterocycles. The van der Waals surface area contributed by atoms with Crippen LogP contribution in [0.15, 0.2) is 42.5 Å². The molecule has 2 aromatic carbocycles. The van der Waals surface area contributed by atoms with Gasteiger partial charge in [0.05, 0.1) is 5.41 Å². The summed E-state index contributed by atoms with van der Waals surface area (Å²) in [6, 6.07) is 13.3. The zero-order valence-corrected chi connectivity index (χ0v) is 20.3. The van der Waals surface area contributed by atoms with Crippen molar-refractivity contribution in [1.29, 1.82) is 0 Å². The molecule has 174 valence electrons. The second kappa shape index (κ2) is 7.94. The number of aromatic nitrogens is 1. The topological polar surface area (TPSA) is 76.6 Å². The summed E-state index contributed by atoms with van der Waals surface area (Å²) >= 11 is 0. The molecule has 0 aliphatic heterocycles. The van der Waals surface area contributed by atoms with Crippen molar-refractivity contribution in [2.75, 3.05) is 25.5 Å². The number of aromatic amines is 1. The smallest absolute Gasteiger partial charge is 0.242 e. The average molecular weight is 448 g/mol. The first-order chi connectivity index (χ1) is 15.4. The number of fused-ring (bicyclic) bond motifs is 1. The number of carbonyl (C=O) groups is 2. The predicted molar refractivity (Wildman–Crippen MR) is 132 cm³/mol. The number of benzene rings is 2. The molecule has 1 fully saturated rings. The van der Waals surface area contributed by atoms with Crippen LogP contribution in [-0.2, 0) is 20.4 Å². The maximum absolute atomic E-state index is 14.0. The van der Waals surface area contributed by atoms with Crippen LogP contribution in [0.5, 0.6) is 5.75 Å². The third kappa shape index (κ3) is 4.22. The van der Waals surface area contributed by atoms with Crippen LogP contribution in [0.4, 0.5) is 5.69 Å². The number of rotatable bonds is 5. The van der Waals surface area contributed by atoms with Gasteiger partial charge in [-0.25, -0.2) is 0 Å². The quantitative estimate of drug-likeness (QED) is 0.599. The number of H-pyrrole nitrogens is 1. The van der Waals surface area contributed by atoms with Crippen LogP contribution >= 0.6 is 0 Å². The maximum Gasteiger partial charge on any atom is 0.242 e. The molecular weight excluding hydrogens is 414 g/mol. The van der Waals surface area contributed by atoms with Gasteiger partial charge in [0.15, 0.2) is 0 Å². The third-order valence-corrected chi connectivity index (χ3v) is 6.67. The summed E-state index contributed by atoms with van der Waals surface area (Å²) in [5.41, 5.74) is 3.79. The van der Waals surface area contributed by atoms with Crippen LogP contribution in [0.2, 0.25) is 0 Å². The van der Waals surface area contributed by atoms with E-state index in [1.807, 2.05) is 37.3 Å². The van der Waals surface area contributed by atoms with Crippen LogP contribution in [-0.4, -0.2) is 47.4 Å². The van der Waals surface area contributed by atoms with Gasteiger partial charge in [-0.1, -0.05) is 32.9 Å². The summed E-state index contributed by atoms with van der Waals surface area (Å²) in [6.07, 6.45) is 1.45. The van der Waals surface area contributed by atoms with Crippen molar-refractivity contribution in [3.05, 3.63) is 59.3 Å². The summed E-state index contributed by atoms with van der Waals surface area (Å²) < 4.78 is 0. The fourth-order valence-electron chi connectivity index (χ4n) is 4.21. The number of hydrogen-bond acceptors (Lipinski definition) is 3. The number of carbonyl (C=O) groups excluding carboxylic acids is 2. The van der Waals surface area contributed by atoms with Gasteiger partial charge in [-0.15, -0.1) is 0 Å². The average Bonchev–Trinajstić information content (AvgIpc) is 3.44. The molecule has 2 N–H and O–H groups in total. The minimum absolute atomic E-state index is 0.0211. The first kappa shape index (κ1) is 22.9. The van der Waals surface area contributed by atoms with Crippen LogP contribution in [0.25, 0.3) is 10.9 Å². The van der Waals surface area contributed by atoms with Crippen molar-refractivity contribution in [2.45, 2.75) is 51.4 Å². The lowest BCUT2D eigenvalue weighted by Crippen LogP contribution is -2.45. The van der Waals surface area contributed by atoms with Crippen molar-refractivity contribution in [1.82, 2.24) is 9.88 Å². The summed E-state index contributed by atoms with van der Waals surface area (Å²) in [4.78, 5) is 33.3. The molecule has 4 rings (SSSR count). The Balaban J connectivity index is 1.76. The fraction of sp³-hybridized carbons (Fsp3) is 0.407. The highest BCUT2D eigenvalue weighted by Gasteiger charge is 2.53. The number of aromatic hydroxyl groups is 1. The van der Waals surface area contributed by atoms with Crippen LogP contribution < -0.4 is 4.90 Å². The summed E-state index contributed by atoms with van der Waals surface area (Å²) in [7, 11) is 3.40. The monoisotopic (exact) mass is 447 g/mol. The number of likely N-dealkylation sites (N-methyl/N-ethyl adjacent to an activating group) is 1. The second-order valence-electron chi connectivity index (χ2n) is 10.5. The highest BCUT2D eigenvalue weighted by Crippen LogP contribution is 2.51. The van der Waals surface area contributed by atoms with Gasteiger partial charge in [-0.05, 0) is 61.2 Å². The normalized spacial score (nSPS) is 14.8. The summed E-state index contributed by atoms with van der Waals surface area (Å²) in [5, 5.41) is 11.0. The Labute approximate surface area is 195 Å². The van der Waals surface area contributed by atoms with Crippen LogP contribution in [0.3, 0.4) is 0 Å². The molecule has 1 aromatic heterocycles. The van der Waals surface area contributed by atoms with Gasteiger partial charge in [-0.2, -0.15) is 0 Å². The Morgan fingerprint density at radius 1 is 1.06 bits per heavy atom. The van der Waals surface area contributed by atoms with Crippen molar-refractivity contribution < 1.29 is 14.7 Å². The molecule has 0 radical (unpaired) electrons. The third-order valence-electron chi connectivity index (χ3n) is 6.67. The highest BCUT2D eigenvalue weighted by atomic mass is 16.3. The van der Waals surface area contributed by atoms with E-state index in [1.165, 1.54) is 4.90 Å². The number of aryl methyl sites for hydroxylation is 1. The molecule has 1 saturated carbocycles. The molecule has 33 heavy (non-hydrogen) atoms. The standard InChI is InChI=1S/C27H33N3O3/c1-17-13-19(7-10-22(17)31)27(11-12-27)25(33)30(16-24(32)29(5)6)20-8-9-21-18(14-20)15-23(28-21)26(2,3)4/h7-10,13-15,28,31H,11-12,16H2,1-6H3. The van der Waals surface area contributed by atoms with Gasteiger partial charge in [0, 0.05) is 41.8 Å². The Bertz CT molecular complexity index is 1230. The molecule has 1 aliphatic rings. The van der Waals surface area contributed by atoms with E-state index < -0.39 is 5.41 Å². The zero-order valence-electron chi connectivity index (χ0n) is 20.3. The number of phenols is 1. The molecular formula is C27H33N3O3. The Kier molecular flexibility index (Phi) is 5.51. The van der Waals surface area contributed by atoms with E-state index in [0.29, 0.717) is 5.69 Å². The van der Waals surface area contributed by atoms with Crippen molar-refractivity contribution >= 4 is 28.4 Å². The zero-order chi connectivity index (χ0) is 24.1. The van der Waals surface area contributed by atoms with E-state index in [-0.39, 0.29) is 29.5 Å². The van der Waals surface area contributed by atoms with E-state index in [2.05, 4.69) is 31.8 Å². The highest BCUT2D eigenvalue weighted by molar-refractivity contribution is 6.07. The number of nitrogens with one attached hydrogen (secondary N) is 1. The molecule has 0 spiro atoms. The lowest BCUT2D eigenvalue weighted by atomic mass is 9.92. The number of anilines is 1. The van der Waals surface area contributed by atoms with Gasteiger partial charge in [-0.3, -0.25) is 9.59 Å². The molecule has 0 unspecified atom stereocenters. The van der Waals surface area contributed by atoms with Crippen molar-refractivity contribution in [3.63, 3.8) is 0 Å². The second-order valence-corrected chi connectivity index (χ2v) is 10.5. The summed E-state index contributed by atoms with van der Waals surface area (Å²) in [5.74, 6) is 0.00788. The number of phenolic OH excluding ortho intramolecular Hbond substituents is 1. The van der Waals surface area contributed by atoms with Gasteiger partial charge in [0.25, 0.3) is 0 Å². The largest absolute Gasteiger partial charge is 0.508 e. The minimum Gasteiger partial charge on any atom is -0.508 e. The minimum atomic E-state index is -0.658. The molecule has 0 atom stereocenters. The fourth-order valence-corrected chi connectivity index (χ4v) is 4.21. The number of nitrogens with zero attached hydrogens (tertiary/aromatic N) is 2. The summed E-state index contributed by atoms with van der Waals surface area (Å²) in [6.45, 7) is 8.27. The SMILES string of the molecule is Cc1cc(C2(C(=O)N(CC(=O)N(C)C)c3ccc4[nH]c(C(C)(C)C)cc4c3)CC2)ccc1O. The van der Waals surface area contributed by atoms with E-state index in [1.54, 1.807) is 25.1 Å². The first-order valence-electron chi connectivity index (χ1n) is 11.4. The van der Waals surface area contributed by atoms with E-state index in [0.717, 1.165) is 40.6 Å². The molecule has 0 bridgehead atoms. The van der Waals surface area contributed by atoms with Crippen molar-refractivity contribution in [3.8, 4) is 5.75 Å². The van der Waals surface area contributed by atoms with Crippen molar-refractivity contribution in [2.24, 2.45) is 0 Å². The van der Waals surface area contributed by atoms with Gasteiger partial charge < -0.3 is 19.9 Å². The van der Waals surface area contributed by atoms with E-state index in [9.17, 15) is 14.7 Å². The maximum atomic E-state index is 14.0. The lowest BCUT2D eigenvalue weighted by Gasteiger charge is -2.28. The van der Waals surface area contributed by atoms with Crippen LogP contribution in [0.1, 0.15) is 50.4 Å². The molecule has 1 aliphatic carbocycles. The molecule has 1 heterocycles. The lowest BCUT2D eigenvalue weighted by molar-refractivity contribution is -0.129. The Hall–Kier alpha value is -3.28. The van der Waals surface area contributed by atoms with Gasteiger partial charge >= 0.3 is 0 Å².